The Morgan fingerprint density at radius 1 is 0.354 bits per heavy atom. The topological polar surface area (TPSA) is 489 Å². The lowest BCUT2D eigenvalue weighted by Gasteiger charge is -2.19. The number of benzene rings is 4. The SMILES string of the molecule is [2H]C(NS(=O)(=O)c1ccc(OCCC)c(-c2nc3c(CCC)nn(C([2H])([2H])[2H])c3c(=O)[nH]2)c1)C([2H])([2H])C1CCCN1C.[2H]C([2H])(CC)c1nn(C)c2c(=O)[nH]c(-c3cc(S(=O)(=O)NC([2H])([2H])C([2H])([2H])C4CCCN4C)ccc3OCCC)nc12.[2H]C([2H])(CNS(=O)(=O)c1ccc(OCCC)c(-c2nc3c(CCC)nn(C([2H])([2H])[2H])c3c(=O)[nH]2)c1)C1CCCN1C.[2H]C([2H])([2H])n1nc(CCC)c2nc(-c3cc(S(=O)(=O)NC([2H])([2H])C([2H])([2H])C4CCCN4C)ccc3OCCC)[nH]c(=O)c21. The Kier molecular flexibility index (Phi) is 28.1. The number of H-pyrrole nitrogens is 4. The smallest absolute Gasteiger partial charge is 0.277 e. The molecule has 4 aliphatic rings. The van der Waals surface area contributed by atoms with Crippen LogP contribution >= 0.6 is 0 Å². The number of sulfonamides is 4. The Bertz CT molecular complexity index is 8390. The van der Waals surface area contributed by atoms with Crippen molar-refractivity contribution in [1.29, 1.82) is 0 Å². The van der Waals surface area contributed by atoms with E-state index in [1.54, 1.807) is 42.8 Å². The van der Waals surface area contributed by atoms with Gasteiger partial charge in [-0.05, 0) is 255 Å². The highest BCUT2D eigenvalue weighted by atomic mass is 32.2. The van der Waals surface area contributed by atoms with Crippen molar-refractivity contribution in [3.8, 4) is 68.5 Å². The van der Waals surface area contributed by atoms with Crippen LogP contribution < -0.4 is 60.1 Å². The first kappa shape index (κ1) is 81.1. The van der Waals surface area contributed by atoms with Gasteiger partial charge in [-0.3, -0.25) is 37.9 Å². The third kappa shape index (κ3) is 26.5. The molecule has 16 rings (SSSR count). The molecule has 0 spiro atoms. The van der Waals surface area contributed by atoms with Crippen molar-refractivity contribution in [2.24, 2.45) is 28.0 Å². The van der Waals surface area contributed by atoms with Gasteiger partial charge in [0.15, 0.2) is 22.1 Å². The minimum atomic E-state index is -4.65. The van der Waals surface area contributed by atoms with Crippen LogP contribution in [0, 0.1) is 0 Å². The van der Waals surface area contributed by atoms with Crippen molar-refractivity contribution in [3.05, 3.63) is 137 Å². The highest BCUT2D eigenvalue weighted by Gasteiger charge is 2.32. The van der Waals surface area contributed by atoms with Crippen LogP contribution in [0.25, 0.3) is 89.7 Å². The fraction of sp³-hybridized carbons (Fsp3) is 0.560. The number of aromatic nitrogens is 16. The fourth-order valence-electron chi connectivity index (χ4n) is 16.8. The molecule has 5 atom stereocenters. The van der Waals surface area contributed by atoms with E-state index < -0.39 is 175 Å². The quantitative estimate of drug-likeness (QED) is 0.0176. The minimum Gasteiger partial charge on any atom is -0.493 e. The van der Waals surface area contributed by atoms with Gasteiger partial charge in [0.2, 0.25) is 40.1 Å². The predicted molar refractivity (Wildman–Crippen MR) is 559 cm³/mol. The molecule has 12 heterocycles. The standard InChI is InChI=1S/4C25H36N6O4S/c4*1-5-8-20-22-23(31(4)29-20)25(32)28-24(27-22)19-16-18(10-11-21(19)35-15-6-2)36(33,34)26-13-12-17-9-7-14-30(17)3/h4*10-11,16-17,26H,5-9,12-15H2,1-4H3,(H,27,28,32)/i8D2,12D2,13D2;4D3,12D2,13D2;4D3,12D2,13D;4D3,12D2. The van der Waals surface area contributed by atoms with Gasteiger partial charge < -0.3 is 58.5 Å². The molecule has 0 bridgehead atoms. The van der Waals surface area contributed by atoms with Crippen LogP contribution in [0.15, 0.2) is 112 Å². The number of rotatable bonds is 44. The summed E-state index contributed by atoms with van der Waals surface area (Å²) in [5, 5.41) is 16.6. The van der Waals surface area contributed by atoms with E-state index in [1.807, 2.05) is 69.9 Å². The van der Waals surface area contributed by atoms with Gasteiger partial charge in [-0.1, -0.05) is 81.1 Å². The summed E-state index contributed by atoms with van der Waals surface area (Å²) in [6.07, 6.45) is -0.624. The van der Waals surface area contributed by atoms with Gasteiger partial charge in [0, 0.05) is 111 Å². The second-order valence-electron chi connectivity index (χ2n) is 35.1. The van der Waals surface area contributed by atoms with Gasteiger partial charge in [0.25, 0.3) is 22.2 Å². The molecule has 4 saturated heterocycles. The molecule has 0 aliphatic carbocycles. The molecule has 4 aromatic carbocycles. The highest BCUT2D eigenvalue weighted by molar-refractivity contribution is 7.90. The van der Waals surface area contributed by atoms with Crippen LogP contribution in [-0.4, -0.2) is 263 Å². The molecule has 12 aromatic rings. The van der Waals surface area contributed by atoms with Gasteiger partial charge in [-0.15, -0.1) is 0 Å². The van der Waals surface area contributed by atoms with Crippen LogP contribution in [0.4, 0.5) is 0 Å². The molecular formula is C100H144N24O16S4. The van der Waals surface area contributed by atoms with Crippen LogP contribution in [0.2, 0.25) is 0 Å². The van der Waals surface area contributed by atoms with Crippen molar-refractivity contribution in [3.63, 3.8) is 0 Å². The Morgan fingerprint density at radius 3 is 0.917 bits per heavy atom. The number of ether oxygens (including phenoxy) is 4. The lowest BCUT2D eigenvalue weighted by molar-refractivity contribution is 0.297. The van der Waals surface area contributed by atoms with Crippen LogP contribution in [0.5, 0.6) is 23.0 Å². The van der Waals surface area contributed by atoms with E-state index in [0.29, 0.717) is 154 Å². The predicted octanol–water partition coefficient (Wildman–Crippen LogP) is 11.3. The summed E-state index contributed by atoms with van der Waals surface area (Å²) in [7, 11) is -9.45. The zero-order valence-electron chi connectivity index (χ0n) is 107. The van der Waals surface area contributed by atoms with Crippen LogP contribution in [-0.2, 0) is 93.7 Å². The summed E-state index contributed by atoms with van der Waals surface area (Å²) in [5.74, 6) is 0.610. The average molecular weight is 2090 g/mol. The summed E-state index contributed by atoms with van der Waals surface area (Å²) in [6, 6.07) is 12.8. The van der Waals surface area contributed by atoms with E-state index >= 15 is 0 Å². The first-order chi connectivity index (χ1) is 78.2. The normalized spacial score (nSPS) is 20.4. The van der Waals surface area contributed by atoms with E-state index in [4.69, 9.17) is 51.8 Å². The molecule has 4 fully saturated rings. The number of fused-ring (bicyclic) bond motifs is 4. The molecule has 5 unspecified atom stereocenters. The van der Waals surface area contributed by atoms with E-state index in [2.05, 4.69) is 69.7 Å². The van der Waals surface area contributed by atoms with E-state index in [1.165, 1.54) is 72.4 Å². The lowest BCUT2D eigenvalue weighted by atomic mass is 10.1. The molecule has 0 amide bonds. The van der Waals surface area contributed by atoms with Crippen LogP contribution in [0.1, 0.15) is 239 Å². The largest absolute Gasteiger partial charge is 0.493 e. The summed E-state index contributed by atoms with van der Waals surface area (Å²) in [6.45, 7) is 2.15. The Balaban J connectivity index is 0.000000184. The summed E-state index contributed by atoms with van der Waals surface area (Å²) >= 11 is 0. The molecule has 0 saturated carbocycles. The van der Waals surface area contributed by atoms with Crippen molar-refractivity contribution in [2.75, 3.05) is 107 Å². The monoisotopic (exact) mass is 2090 g/mol. The molecule has 8 aromatic heterocycles. The lowest BCUT2D eigenvalue weighted by Crippen LogP contribution is -2.31. The highest BCUT2D eigenvalue weighted by Crippen LogP contribution is 2.38. The van der Waals surface area contributed by atoms with E-state index in [9.17, 15) is 52.8 Å². The van der Waals surface area contributed by atoms with E-state index in [-0.39, 0.29) is 160 Å². The average Bonchev–Trinajstić information content (AvgIpc) is 1.59. The number of hydrogen-bond donors (Lipinski definition) is 8. The second kappa shape index (κ2) is 49.9. The van der Waals surface area contributed by atoms with Crippen molar-refractivity contribution >= 4 is 84.2 Å². The number of aromatic amines is 4. The maximum Gasteiger partial charge on any atom is 0.277 e. The third-order valence-electron chi connectivity index (χ3n) is 24.2. The third-order valence-corrected chi connectivity index (χ3v) is 29.4. The number of nitrogens with one attached hydrogen (secondary N) is 8. The number of aryl methyl sites for hydroxylation is 8. The first-order valence-corrected chi connectivity index (χ1v) is 54.1. The van der Waals surface area contributed by atoms with E-state index in [0.717, 1.165) is 31.5 Å². The summed E-state index contributed by atoms with van der Waals surface area (Å²) < 4.78 is 339. The molecule has 144 heavy (non-hydrogen) atoms. The molecule has 784 valence electrons. The Labute approximate surface area is 876 Å². The zero-order chi connectivity index (χ0) is 124. The molecule has 4 aliphatic heterocycles. The maximum atomic E-state index is 13.5. The zero-order valence-corrected chi connectivity index (χ0v) is 86.2. The molecule has 0 radical (unpaired) electrons. The second-order valence-corrected chi connectivity index (χ2v) is 41.9. The van der Waals surface area contributed by atoms with Gasteiger partial charge in [-0.25, -0.2) is 72.5 Å². The van der Waals surface area contributed by atoms with Crippen molar-refractivity contribution < 1.29 is 85.5 Å². The summed E-state index contributed by atoms with van der Waals surface area (Å²) in [4.78, 5) is 86.9. The van der Waals surface area contributed by atoms with Gasteiger partial charge >= 0.3 is 0 Å². The maximum absolute atomic E-state index is 13.5. The molecular weight excluding hydrogens is 1920 g/mol. The Hall–Kier alpha value is -11.0. The first-order valence-electron chi connectivity index (χ1n) is 60.3. The van der Waals surface area contributed by atoms with Gasteiger partial charge in [-0.2, -0.15) is 20.4 Å². The van der Waals surface area contributed by atoms with Crippen LogP contribution in [0.3, 0.4) is 0 Å². The fourth-order valence-corrected chi connectivity index (χ4v) is 20.3. The minimum absolute atomic E-state index is 0.00370. The van der Waals surface area contributed by atoms with Gasteiger partial charge in [0.1, 0.15) is 68.4 Å². The Morgan fingerprint density at radius 2 is 0.632 bits per heavy atom. The van der Waals surface area contributed by atoms with Gasteiger partial charge in [0.05, 0.1) is 91.0 Å². The number of nitrogens with zero attached hydrogens (tertiary/aromatic N) is 16. The van der Waals surface area contributed by atoms with Crippen molar-refractivity contribution in [1.82, 2.24) is 117 Å². The number of hydrogen-bond acceptors (Lipinski definition) is 28. The molecule has 40 nitrogen and oxygen atoms in total. The summed E-state index contributed by atoms with van der Waals surface area (Å²) in [5.41, 5.74) is -1.97. The molecule has 44 heteroatoms. The number of likely N-dealkylation sites (tertiary alicyclic amines) is 4. The molecule has 8 N–H and O–H groups in total. The van der Waals surface area contributed by atoms with Crippen molar-refractivity contribution in [2.45, 2.75) is 253 Å².